The summed E-state index contributed by atoms with van der Waals surface area (Å²) < 4.78 is 5.47. The number of ether oxygens (including phenoxy) is 1. The van der Waals surface area contributed by atoms with Gasteiger partial charge in [-0.25, -0.2) is 0 Å². The number of unbranched alkanes of at least 4 members (excludes halogenated alkanes) is 38. The molecule has 0 saturated heterocycles. The molecule has 0 aromatic heterocycles. The Hall–Kier alpha value is -1.92. The molecule has 6 heteroatoms. The van der Waals surface area contributed by atoms with Crippen molar-refractivity contribution in [1.29, 1.82) is 0 Å². The molecule has 0 aliphatic carbocycles. The molecule has 1 amide bonds. The van der Waals surface area contributed by atoms with Gasteiger partial charge in [0.05, 0.1) is 25.4 Å². The zero-order chi connectivity index (χ0) is 47.2. The van der Waals surface area contributed by atoms with Crippen LogP contribution in [0.5, 0.6) is 0 Å². The van der Waals surface area contributed by atoms with E-state index in [4.69, 9.17) is 4.74 Å². The molecule has 0 saturated carbocycles. The van der Waals surface area contributed by atoms with Gasteiger partial charge in [-0.2, -0.15) is 0 Å². The summed E-state index contributed by atoms with van der Waals surface area (Å²) in [7, 11) is 0. The fraction of sp³-hybridized carbons (Fsp3) is 0.864. The minimum Gasteiger partial charge on any atom is -0.466 e. The molecule has 0 aromatic rings. The van der Waals surface area contributed by atoms with Crippen molar-refractivity contribution in [3.8, 4) is 0 Å². The van der Waals surface area contributed by atoms with Crippen LogP contribution in [0.1, 0.15) is 303 Å². The third-order valence-corrected chi connectivity index (χ3v) is 13.2. The Labute approximate surface area is 404 Å². The van der Waals surface area contributed by atoms with Crippen LogP contribution in [0.4, 0.5) is 0 Å². The zero-order valence-electron chi connectivity index (χ0n) is 43.5. The molecular formula is C59H111NO5. The molecule has 382 valence electrons. The molecule has 0 aliphatic heterocycles. The fourth-order valence-corrected chi connectivity index (χ4v) is 8.72. The molecule has 3 N–H and O–H groups in total. The molecule has 6 nitrogen and oxygen atoms in total. The Morgan fingerprint density at radius 2 is 0.769 bits per heavy atom. The van der Waals surface area contributed by atoms with Gasteiger partial charge in [-0.3, -0.25) is 9.59 Å². The summed E-state index contributed by atoms with van der Waals surface area (Å²) in [5, 5.41) is 23.1. The largest absolute Gasteiger partial charge is 0.466 e. The van der Waals surface area contributed by atoms with Crippen molar-refractivity contribution >= 4 is 11.9 Å². The number of carbonyl (C=O) groups is 2. The van der Waals surface area contributed by atoms with Gasteiger partial charge >= 0.3 is 5.97 Å². The van der Waals surface area contributed by atoms with E-state index in [1.54, 1.807) is 6.08 Å². The highest BCUT2D eigenvalue weighted by atomic mass is 16.5. The number of aliphatic hydroxyl groups excluding tert-OH is 2. The highest BCUT2D eigenvalue weighted by molar-refractivity contribution is 5.76. The first-order valence-electron chi connectivity index (χ1n) is 28.8. The van der Waals surface area contributed by atoms with Gasteiger partial charge in [0.15, 0.2) is 0 Å². The van der Waals surface area contributed by atoms with E-state index in [9.17, 15) is 19.8 Å². The lowest BCUT2D eigenvalue weighted by atomic mass is 10.0. The lowest BCUT2D eigenvalue weighted by Gasteiger charge is -2.20. The van der Waals surface area contributed by atoms with E-state index in [1.807, 2.05) is 6.08 Å². The molecule has 2 atom stereocenters. The summed E-state index contributed by atoms with van der Waals surface area (Å²) in [6.45, 7) is 4.87. The Morgan fingerprint density at radius 3 is 1.20 bits per heavy atom. The number of aliphatic hydroxyl groups is 2. The van der Waals surface area contributed by atoms with Crippen molar-refractivity contribution in [1.82, 2.24) is 5.32 Å². The molecule has 0 bridgehead atoms. The standard InChI is InChI=1S/C59H111NO5/c1-3-5-7-9-11-13-15-17-23-27-31-35-39-43-47-51-57(62)56(55-61)60-58(63)52-48-44-40-36-32-28-25-21-19-20-22-26-30-34-38-42-46-50-54-65-59(64)53-49-45-41-37-33-29-24-18-16-14-12-10-8-6-4-2/h12,14,18,24,47,51,56-57,61-62H,3-11,13,15-17,19-23,25-46,48-50,52-55H2,1-2H3,(H,60,63)/b14-12-,24-18-,51-47+. The predicted octanol–water partition coefficient (Wildman–Crippen LogP) is 17.6. The highest BCUT2D eigenvalue weighted by Crippen LogP contribution is 2.17. The Bertz CT molecular complexity index is 1060. The lowest BCUT2D eigenvalue weighted by Crippen LogP contribution is -2.45. The van der Waals surface area contributed by atoms with Gasteiger partial charge in [0.1, 0.15) is 0 Å². The number of nitrogens with one attached hydrogen (secondary N) is 1. The second-order valence-corrected chi connectivity index (χ2v) is 19.6. The van der Waals surface area contributed by atoms with Crippen LogP contribution in [-0.4, -0.2) is 47.4 Å². The maximum absolute atomic E-state index is 12.5. The topological polar surface area (TPSA) is 95.9 Å². The van der Waals surface area contributed by atoms with E-state index in [-0.39, 0.29) is 18.5 Å². The fourth-order valence-electron chi connectivity index (χ4n) is 8.72. The number of hydrogen-bond donors (Lipinski definition) is 3. The molecule has 0 aromatic carbocycles. The average molecular weight is 915 g/mol. The van der Waals surface area contributed by atoms with E-state index in [0.29, 0.717) is 19.4 Å². The number of carbonyl (C=O) groups excluding carboxylic acids is 2. The normalized spacial score (nSPS) is 12.9. The summed E-state index contributed by atoms with van der Waals surface area (Å²) in [6, 6.07) is -0.631. The summed E-state index contributed by atoms with van der Waals surface area (Å²) in [5.41, 5.74) is 0. The van der Waals surface area contributed by atoms with Gasteiger partial charge in [0.2, 0.25) is 5.91 Å². The van der Waals surface area contributed by atoms with Gasteiger partial charge in [0, 0.05) is 12.8 Å². The minimum absolute atomic E-state index is 0.00771. The first kappa shape index (κ1) is 63.1. The van der Waals surface area contributed by atoms with E-state index in [1.165, 1.54) is 225 Å². The molecule has 0 fully saturated rings. The molecule has 0 radical (unpaired) electrons. The Balaban J connectivity index is 3.44. The molecule has 2 unspecified atom stereocenters. The third-order valence-electron chi connectivity index (χ3n) is 13.2. The quantitative estimate of drug-likeness (QED) is 0.0321. The SMILES string of the molecule is CCCCC/C=C\C/C=C\CCCCCCCC(=O)OCCCCCCCCCCCCCCCCCCCCC(=O)NC(CO)C(O)/C=C/CCCCCCCCCCCCCCC. The van der Waals surface area contributed by atoms with Crippen LogP contribution < -0.4 is 5.32 Å². The first-order chi connectivity index (χ1) is 32.0. The first-order valence-corrected chi connectivity index (χ1v) is 28.8. The molecule has 0 heterocycles. The van der Waals surface area contributed by atoms with Gasteiger partial charge in [-0.1, -0.05) is 262 Å². The van der Waals surface area contributed by atoms with Gasteiger partial charge in [-0.05, 0) is 64.2 Å². The van der Waals surface area contributed by atoms with Crippen molar-refractivity contribution in [2.45, 2.75) is 315 Å². The van der Waals surface area contributed by atoms with E-state index >= 15 is 0 Å². The van der Waals surface area contributed by atoms with Gasteiger partial charge in [0.25, 0.3) is 0 Å². The summed E-state index contributed by atoms with van der Waals surface area (Å²) in [6.07, 6.45) is 67.3. The number of rotatable bonds is 53. The molecule has 0 spiro atoms. The summed E-state index contributed by atoms with van der Waals surface area (Å²) in [5.74, 6) is -0.0795. The smallest absolute Gasteiger partial charge is 0.305 e. The summed E-state index contributed by atoms with van der Waals surface area (Å²) >= 11 is 0. The Kier molecular flexibility index (Phi) is 53.1. The van der Waals surface area contributed by atoms with E-state index in [2.05, 4.69) is 43.5 Å². The maximum atomic E-state index is 12.5. The van der Waals surface area contributed by atoms with Gasteiger partial charge < -0.3 is 20.3 Å². The summed E-state index contributed by atoms with van der Waals surface area (Å²) in [4.78, 5) is 24.5. The van der Waals surface area contributed by atoms with Crippen LogP contribution in [0.2, 0.25) is 0 Å². The molecular weight excluding hydrogens is 803 g/mol. The maximum Gasteiger partial charge on any atom is 0.305 e. The molecule has 0 rings (SSSR count). The monoisotopic (exact) mass is 914 g/mol. The molecule has 0 aliphatic rings. The van der Waals surface area contributed by atoms with Crippen molar-refractivity contribution in [3.05, 3.63) is 36.5 Å². The number of esters is 1. The van der Waals surface area contributed by atoms with Crippen molar-refractivity contribution in [3.63, 3.8) is 0 Å². The number of amides is 1. The van der Waals surface area contributed by atoms with Crippen LogP contribution in [-0.2, 0) is 14.3 Å². The lowest BCUT2D eigenvalue weighted by molar-refractivity contribution is -0.143. The molecule has 65 heavy (non-hydrogen) atoms. The highest BCUT2D eigenvalue weighted by Gasteiger charge is 2.18. The predicted molar refractivity (Wildman–Crippen MR) is 283 cm³/mol. The van der Waals surface area contributed by atoms with Crippen molar-refractivity contribution in [2.75, 3.05) is 13.2 Å². The van der Waals surface area contributed by atoms with Crippen LogP contribution in [0.15, 0.2) is 36.5 Å². The number of allylic oxidation sites excluding steroid dienone is 5. The van der Waals surface area contributed by atoms with Crippen LogP contribution in [0, 0.1) is 0 Å². The van der Waals surface area contributed by atoms with E-state index in [0.717, 1.165) is 51.4 Å². The van der Waals surface area contributed by atoms with Crippen LogP contribution in [0.3, 0.4) is 0 Å². The Morgan fingerprint density at radius 1 is 0.431 bits per heavy atom. The second-order valence-electron chi connectivity index (χ2n) is 19.6. The second kappa shape index (κ2) is 54.7. The zero-order valence-corrected chi connectivity index (χ0v) is 43.5. The third kappa shape index (κ3) is 51.3. The number of hydrogen-bond acceptors (Lipinski definition) is 5. The van der Waals surface area contributed by atoms with Crippen LogP contribution in [0.25, 0.3) is 0 Å². The van der Waals surface area contributed by atoms with Gasteiger partial charge in [-0.15, -0.1) is 0 Å². The minimum atomic E-state index is -0.847. The van der Waals surface area contributed by atoms with Crippen molar-refractivity contribution in [2.24, 2.45) is 0 Å². The van der Waals surface area contributed by atoms with E-state index < -0.39 is 12.1 Å². The average Bonchev–Trinajstić information content (AvgIpc) is 3.31. The van der Waals surface area contributed by atoms with Crippen molar-refractivity contribution < 1.29 is 24.5 Å². The van der Waals surface area contributed by atoms with Crippen LogP contribution >= 0.6 is 0 Å².